The maximum atomic E-state index is 12.5. The minimum absolute atomic E-state index is 0.0151. The molecule has 1 aromatic rings. The molecule has 1 aliphatic carbocycles. The number of nitrogens with zero attached hydrogens (tertiary/aromatic N) is 1. The smallest absolute Gasteiger partial charge is 0.407 e. The maximum absolute atomic E-state index is 12.5. The Morgan fingerprint density at radius 1 is 1.04 bits per heavy atom. The molecule has 1 aromatic carbocycles. The van der Waals surface area contributed by atoms with Crippen molar-refractivity contribution < 1.29 is 19.1 Å². The van der Waals surface area contributed by atoms with Crippen molar-refractivity contribution >= 4 is 17.9 Å². The molecule has 25 heavy (non-hydrogen) atoms. The highest BCUT2D eigenvalue weighted by Gasteiger charge is 2.41. The zero-order chi connectivity index (χ0) is 18.2. The molecule has 2 aliphatic rings. The third-order valence-corrected chi connectivity index (χ3v) is 4.61. The van der Waals surface area contributed by atoms with Crippen molar-refractivity contribution in [1.82, 2.24) is 10.2 Å². The van der Waals surface area contributed by atoms with Gasteiger partial charge in [-0.1, -0.05) is 12.1 Å². The second kappa shape index (κ2) is 6.50. The minimum Gasteiger partial charge on any atom is -0.444 e. The van der Waals surface area contributed by atoms with Crippen LogP contribution in [0.2, 0.25) is 0 Å². The molecule has 0 atom stereocenters. The molecule has 0 spiro atoms. The lowest BCUT2D eigenvalue weighted by Crippen LogP contribution is -2.46. The molecule has 0 unspecified atom stereocenters. The number of benzene rings is 1. The second-order valence-electron chi connectivity index (χ2n) is 7.68. The zero-order valence-electron chi connectivity index (χ0n) is 14.9. The van der Waals surface area contributed by atoms with E-state index in [1.165, 1.54) is 4.90 Å². The van der Waals surface area contributed by atoms with Crippen LogP contribution in [0.1, 0.15) is 67.2 Å². The molecular formula is C19H24N2O4. The van der Waals surface area contributed by atoms with Gasteiger partial charge in [-0.15, -0.1) is 0 Å². The first-order valence-electron chi connectivity index (χ1n) is 8.73. The van der Waals surface area contributed by atoms with Gasteiger partial charge in [0.15, 0.2) is 0 Å². The number of carbonyl (C=O) groups excluding carboxylic acids is 3. The number of imide groups is 1. The van der Waals surface area contributed by atoms with Gasteiger partial charge in [0.1, 0.15) is 5.60 Å². The van der Waals surface area contributed by atoms with Crippen LogP contribution in [0.25, 0.3) is 0 Å². The first kappa shape index (κ1) is 17.5. The lowest BCUT2D eigenvalue weighted by molar-refractivity contribution is 0.0441. The minimum atomic E-state index is -0.526. The summed E-state index contributed by atoms with van der Waals surface area (Å²) in [6.07, 6.45) is 2.39. The summed E-state index contributed by atoms with van der Waals surface area (Å²) < 4.78 is 5.27. The van der Waals surface area contributed by atoms with E-state index >= 15 is 0 Å². The SMILES string of the molecule is CC(C)(C)OC(=O)NC1CCC(N2C(=O)c3ccccc3C2=O)CC1. The summed E-state index contributed by atoms with van der Waals surface area (Å²) >= 11 is 0. The number of hydrogen-bond acceptors (Lipinski definition) is 4. The highest BCUT2D eigenvalue weighted by Crippen LogP contribution is 2.31. The predicted octanol–water partition coefficient (Wildman–Crippen LogP) is 3.12. The van der Waals surface area contributed by atoms with Crippen LogP contribution in [0.3, 0.4) is 0 Å². The molecule has 3 rings (SSSR count). The van der Waals surface area contributed by atoms with Crippen molar-refractivity contribution in [3.63, 3.8) is 0 Å². The van der Waals surface area contributed by atoms with E-state index in [4.69, 9.17) is 4.74 Å². The molecule has 0 saturated heterocycles. The van der Waals surface area contributed by atoms with Gasteiger partial charge in [-0.25, -0.2) is 4.79 Å². The largest absolute Gasteiger partial charge is 0.444 e. The monoisotopic (exact) mass is 344 g/mol. The van der Waals surface area contributed by atoms with Crippen LogP contribution in [0.15, 0.2) is 24.3 Å². The van der Waals surface area contributed by atoms with E-state index in [1.54, 1.807) is 24.3 Å². The Bertz CT molecular complexity index is 665. The number of fused-ring (bicyclic) bond motifs is 1. The number of ether oxygens (including phenoxy) is 1. The lowest BCUT2D eigenvalue weighted by atomic mass is 9.90. The Labute approximate surface area is 147 Å². The van der Waals surface area contributed by atoms with Gasteiger partial charge in [-0.05, 0) is 58.6 Å². The van der Waals surface area contributed by atoms with Crippen LogP contribution >= 0.6 is 0 Å². The Balaban J connectivity index is 1.58. The fraction of sp³-hybridized carbons (Fsp3) is 0.526. The molecule has 6 heteroatoms. The van der Waals surface area contributed by atoms with Crippen molar-refractivity contribution in [3.8, 4) is 0 Å². The van der Waals surface area contributed by atoms with Crippen molar-refractivity contribution in [1.29, 1.82) is 0 Å². The lowest BCUT2D eigenvalue weighted by Gasteiger charge is -2.34. The molecule has 1 saturated carbocycles. The maximum Gasteiger partial charge on any atom is 0.407 e. The molecule has 1 aliphatic heterocycles. The first-order chi connectivity index (χ1) is 11.8. The fourth-order valence-corrected chi connectivity index (χ4v) is 3.49. The van der Waals surface area contributed by atoms with Crippen LogP contribution in [0.5, 0.6) is 0 Å². The molecule has 3 amide bonds. The molecule has 1 fully saturated rings. The highest BCUT2D eigenvalue weighted by molar-refractivity contribution is 6.21. The second-order valence-corrected chi connectivity index (χ2v) is 7.68. The normalized spacial score (nSPS) is 23.4. The van der Waals surface area contributed by atoms with Gasteiger partial charge >= 0.3 is 6.09 Å². The molecule has 1 heterocycles. The average Bonchev–Trinajstić information content (AvgIpc) is 2.79. The van der Waals surface area contributed by atoms with Gasteiger partial charge in [-0.2, -0.15) is 0 Å². The van der Waals surface area contributed by atoms with Gasteiger partial charge in [-0.3, -0.25) is 14.5 Å². The topological polar surface area (TPSA) is 75.7 Å². The Morgan fingerprint density at radius 3 is 2.04 bits per heavy atom. The third-order valence-electron chi connectivity index (χ3n) is 4.61. The van der Waals surface area contributed by atoms with Crippen LogP contribution in [0, 0.1) is 0 Å². The summed E-state index contributed by atoms with van der Waals surface area (Å²) in [6, 6.07) is 6.85. The summed E-state index contributed by atoms with van der Waals surface area (Å²) in [4.78, 5) is 38.3. The molecule has 6 nitrogen and oxygen atoms in total. The summed E-state index contributed by atoms with van der Waals surface area (Å²) in [5.41, 5.74) is 0.449. The van der Waals surface area contributed by atoms with Crippen molar-refractivity contribution in [2.75, 3.05) is 0 Å². The van der Waals surface area contributed by atoms with E-state index in [9.17, 15) is 14.4 Å². The van der Waals surface area contributed by atoms with E-state index in [0.717, 1.165) is 12.8 Å². The van der Waals surface area contributed by atoms with E-state index in [1.807, 2.05) is 20.8 Å². The van der Waals surface area contributed by atoms with Gasteiger partial charge in [0.25, 0.3) is 11.8 Å². The number of amides is 3. The molecule has 0 radical (unpaired) electrons. The van der Waals surface area contributed by atoms with E-state index in [-0.39, 0.29) is 23.9 Å². The molecule has 1 N–H and O–H groups in total. The van der Waals surface area contributed by atoms with Crippen molar-refractivity contribution in [2.24, 2.45) is 0 Å². The zero-order valence-corrected chi connectivity index (χ0v) is 14.9. The molecule has 0 aromatic heterocycles. The molecule has 0 bridgehead atoms. The van der Waals surface area contributed by atoms with E-state index in [2.05, 4.69) is 5.32 Å². The summed E-state index contributed by atoms with van der Waals surface area (Å²) in [5.74, 6) is -0.409. The summed E-state index contributed by atoms with van der Waals surface area (Å²) in [7, 11) is 0. The third kappa shape index (κ3) is 3.67. The van der Waals surface area contributed by atoms with Crippen LogP contribution in [0.4, 0.5) is 4.79 Å². The van der Waals surface area contributed by atoms with Gasteiger partial charge in [0.05, 0.1) is 11.1 Å². The number of rotatable bonds is 2. The first-order valence-corrected chi connectivity index (χ1v) is 8.73. The van der Waals surface area contributed by atoms with Crippen molar-refractivity contribution in [3.05, 3.63) is 35.4 Å². The number of nitrogens with one attached hydrogen (secondary N) is 1. The Morgan fingerprint density at radius 2 is 1.56 bits per heavy atom. The van der Waals surface area contributed by atoms with Crippen molar-refractivity contribution in [2.45, 2.75) is 64.1 Å². The summed E-state index contributed by atoms with van der Waals surface area (Å²) in [6.45, 7) is 5.48. The Kier molecular flexibility index (Phi) is 4.54. The average molecular weight is 344 g/mol. The molecule has 134 valence electrons. The van der Waals surface area contributed by atoms with Gasteiger partial charge < -0.3 is 10.1 Å². The fourth-order valence-electron chi connectivity index (χ4n) is 3.49. The van der Waals surface area contributed by atoms with Crippen LogP contribution < -0.4 is 5.32 Å². The van der Waals surface area contributed by atoms with E-state index in [0.29, 0.717) is 24.0 Å². The van der Waals surface area contributed by atoms with Gasteiger partial charge in [0.2, 0.25) is 0 Å². The van der Waals surface area contributed by atoms with Gasteiger partial charge in [0, 0.05) is 12.1 Å². The van der Waals surface area contributed by atoms with Crippen LogP contribution in [-0.4, -0.2) is 40.5 Å². The number of carbonyl (C=O) groups is 3. The molecular weight excluding hydrogens is 320 g/mol. The highest BCUT2D eigenvalue weighted by atomic mass is 16.6. The van der Waals surface area contributed by atoms with Crippen LogP contribution in [-0.2, 0) is 4.74 Å². The quantitative estimate of drug-likeness (QED) is 0.837. The van der Waals surface area contributed by atoms with E-state index < -0.39 is 11.7 Å². The Hall–Kier alpha value is -2.37. The standard InChI is InChI=1S/C19H24N2O4/c1-19(2,3)25-18(24)20-12-8-10-13(11-9-12)21-16(22)14-6-4-5-7-15(14)17(21)23/h4-7,12-13H,8-11H2,1-3H3,(H,20,24). The number of alkyl carbamates (subject to hydrolysis) is 1. The predicted molar refractivity (Wildman–Crippen MR) is 92.4 cm³/mol. The summed E-state index contributed by atoms with van der Waals surface area (Å²) in [5, 5.41) is 2.88. The number of hydrogen-bond donors (Lipinski definition) is 1.